The molecule has 0 atom stereocenters. The van der Waals surface area contributed by atoms with E-state index in [2.05, 4.69) is 15.3 Å². The van der Waals surface area contributed by atoms with Crippen molar-refractivity contribution in [3.05, 3.63) is 70.2 Å². The lowest BCUT2D eigenvalue weighted by Crippen LogP contribution is -1.89. The first kappa shape index (κ1) is 15.3. The van der Waals surface area contributed by atoms with Crippen molar-refractivity contribution < 1.29 is 4.42 Å². The van der Waals surface area contributed by atoms with Crippen LogP contribution in [0.15, 0.2) is 59.0 Å². The van der Waals surface area contributed by atoms with Gasteiger partial charge in [-0.25, -0.2) is 0 Å². The molecular weight excluding hydrogens is 368 g/mol. The third-order valence-corrected chi connectivity index (χ3v) is 5.06. The summed E-state index contributed by atoms with van der Waals surface area (Å²) in [4.78, 5) is 0.719. The maximum atomic E-state index is 5.91. The summed E-state index contributed by atoms with van der Waals surface area (Å²) in [6.45, 7) is 0. The Kier molecular flexibility index (Phi) is 3.58. The molecular formula is C19H11ClN4OS. The minimum absolute atomic E-state index is 0.596. The molecule has 0 saturated carbocycles. The van der Waals surface area contributed by atoms with Gasteiger partial charge in [-0.1, -0.05) is 59.3 Å². The molecule has 5 nitrogen and oxygen atoms in total. The molecule has 0 saturated heterocycles. The van der Waals surface area contributed by atoms with Crippen LogP contribution in [0.25, 0.3) is 39.7 Å². The average molecular weight is 379 g/mol. The van der Waals surface area contributed by atoms with Crippen molar-refractivity contribution in [3.63, 3.8) is 0 Å². The van der Waals surface area contributed by atoms with Crippen LogP contribution >= 0.6 is 22.9 Å². The Hall–Kier alpha value is -2.96. The molecule has 0 N–H and O–H groups in total. The minimum Gasteiger partial charge on any atom is -0.453 e. The normalized spacial score (nSPS) is 11.9. The fraction of sp³-hybridized carbons (Fsp3) is 0. The summed E-state index contributed by atoms with van der Waals surface area (Å²) in [7, 11) is 0. The van der Waals surface area contributed by atoms with Gasteiger partial charge in [0.15, 0.2) is 5.76 Å². The Morgan fingerprint density at radius 1 is 1.00 bits per heavy atom. The number of halogens is 1. The molecule has 7 heteroatoms. The van der Waals surface area contributed by atoms with Gasteiger partial charge in [-0.15, -0.1) is 10.2 Å². The maximum absolute atomic E-state index is 5.91. The van der Waals surface area contributed by atoms with Gasteiger partial charge in [-0.05, 0) is 35.9 Å². The van der Waals surface area contributed by atoms with E-state index in [1.165, 1.54) is 11.3 Å². The van der Waals surface area contributed by atoms with Crippen molar-refractivity contribution in [2.75, 3.05) is 0 Å². The highest BCUT2D eigenvalue weighted by Crippen LogP contribution is 2.28. The van der Waals surface area contributed by atoms with E-state index in [1.807, 2.05) is 66.7 Å². The minimum atomic E-state index is 0.596. The first-order chi connectivity index (χ1) is 12.8. The smallest absolute Gasteiger partial charge is 0.235 e. The quantitative estimate of drug-likeness (QED) is 0.420. The van der Waals surface area contributed by atoms with Crippen LogP contribution < -0.4 is 0 Å². The van der Waals surface area contributed by atoms with E-state index in [9.17, 15) is 0 Å². The largest absolute Gasteiger partial charge is 0.453 e. The second-order valence-corrected chi connectivity index (χ2v) is 7.12. The van der Waals surface area contributed by atoms with E-state index in [-0.39, 0.29) is 0 Å². The van der Waals surface area contributed by atoms with Gasteiger partial charge in [0.05, 0.1) is 0 Å². The second kappa shape index (κ2) is 6.09. The van der Waals surface area contributed by atoms with Crippen LogP contribution in [0.5, 0.6) is 0 Å². The molecule has 3 aromatic heterocycles. The van der Waals surface area contributed by atoms with Crippen molar-refractivity contribution in [3.8, 4) is 11.6 Å². The van der Waals surface area contributed by atoms with Crippen LogP contribution in [0.3, 0.4) is 0 Å². The molecule has 5 aromatic rings. The Balaban J connectivity index is 1.51. The molecule has 2 aromatic carbocycles. The van der Waals surface area contributed by atoms with Crippen molar-refractivity contribution in [2.24, 2.45) is 0 Å². The van der Waals surface area contributed by atoms with Crippen LogP contribution in [0.4, 0.5) is 0 Å². The third kappa shape index (κ3) is 2.69. The molecule has 0 spiro atoms. The fourth-order valence-electron chi connectivity index (χ4n) is 2.69. The molecule has 3 heterocycles. The first-order valence-corrected chi connectivity index (χ1v) is 9.10. The monoisotopic (exact) mass is 378 g/mol. The Morgan fingerprint density at radius 2 is 1.85 bits per heavy atom. The number of aromatic nitrogens is 4. The van der Waals surface area contributed by atoms with Crippen LogP contribution in [0, 0.1) is 0 Å². The Bertz CT molecular complexity index is 1220. The van der Waals surface area contributed by atoms with Gasteiger partial charge in [-0.3, -0.25) is 0 Å². The number of benzene rings is 2. The molecule has 0 aliphatic heterocycles. The SMILES string of the molecule is Clc1ccc(/C=C/c2nn3c(-c4cc5ccccc5o4)nnc3s2)cc1. The number of hydrogen-bond donors (Lipinski definition) is 0. The second-order valence-electron chi connectivity index (χ2n) is 5.69. The highest BCUT2D eigenvalue weighted by Gasteiger charge is 2.16. The molecule has 0 amide bonds. The highest BCUT2D eigenvalue weighted by atomic mass is 35.5. The number of fused-ring (bicyclic) bond motifs is 2. The van der Waals surface area contributed by atoms with E-state index >= 15 is 0 Å². The average Bonchev–Trinajstić information content (AvgIpc) is 3.34. The molecule has 126 valence electrons. The number of hydrogen-bond acceptors (Lipinski definition) is 5. The van der Waals surface area contributed by atoms with Gasteiger partial charge >= 0.3 is 0 Å². The molecule has 0 radical (unpaired) electrons. The van der Waals surface area contributed by atoms with E-state index in [1.54, 1.807) is 4.52 Å². The predicted molar refractivity (Wildman–Crippen MR) is 104 cm³/mol. The molecule has 0 aliphatic carbocycles. The Morgan fingerprint density at radius 3 is 2.69 bits per heavy atom. The summed E-state index contributed by atoms with van der Waals surface area (Å²) in [5.74, 6) is 1.25. The maximum Gasteiger partial charge on any atom is 0.235 e. The van der Waals surface area contributed by atoms with E-state index in [4.69, 9.17) is 16.0 Å². The van der Waals surface area contributed by atoms with Crippen molar-refractivity contribution >= 4 is 51.0 Å². The Labute approximate surface area is 157 Å². The number of nitrogens with zero attached hydrogens (tertiary/aromatic N) is 4. The van der Waals surface area contributed by atoms with E-state index < -0.39 is 0 Å². The molecule has 26 heavy (non-hydrogen) atoms. The number of furan rings is 1. The van der Waals surface area contributed by atoms with Gasteiger partial charge in [-0.2, -0.15) is 9.61 Å². The lowest BCUT2D eigenvalue weighted by atomic mass is 10.2. The zero-order valence-corrected chi connectivity index (χ0v) is 14.9. The lowest BCUT2D eigenvalue weighted by Gasteiger charge is -1.92. The standard InChI is InChI=1S/C19H11ClN4OS/c20-14-8-5-12(6-9-14)7-10-17-23-24-18(21-22-19(24)26-17)16-11-13-3-1-2-4-15(13)25-16/h1-11H/b10-7+. The summed E-state index contributed by atoms with van der Waals surface area (Å²) in [5, 5.41) is 15.6. The van der Waals surface area contributed by atoms with Crippen molar-refractivity contribution in [1.82, 2.24) is 19.8 Å². The van der Waals surface area contributed by atoms with Gasteiger partial charge in [0.25, 0.3) is 0 Å². The van der Waals surface area contributed by atoms with Crippen LogP contribution in [-0.2, 0) is 0 Å². The van der Waals surface area contributed by atoms with Crippen LogP contribution in [0.2, 0.25) is 5.02 Å². The van der Waals surface area contributed by atoms with Crippen LogP contribution in [0.1, 0.15) is 10.6 Å². The van der Waals surface area contributed by atoms with Gasteiger partial charge in [0, 0.05) is 10.4 Å². The first-order valence-electron chi connectivity index (χ1n) is 7.91. The molecule has 0 aliphatic rings. The van der Waals surface area contributed by atoms with Gasteiger partial charge < -0.3 is 4.42 Å². The van der Waals surface area contributed by atoms with Crippen molar-refractivity contribution in [1.29, 1.82) is 0 Å². The summed E-state index contributed by atoms with van der Waals surface area (Å²) < 4.78 is 7.59. The predicted octanol–water partition coefficient (Wildman–Crippen LogP) is 5.42. The molecule has 0 bridgehead atoms. The zero-order valence-electron chi connectivity index (χ0n) is 13.3. The van der Waals surface area contributed by atoms with Crippen LogP contribution in [-0.4, -0.2) is 19.8 Å². The fourth-order valence-corrected chi connectivity index (χ4v) is 3.55. The van der Waals surface area contributed by atoms with E-state index in [0.29, 0.717) is 11.6 Å². The summed E-state index contributed by atoms with van der Waals surface area (Å²) in [5.41, 5.74) is 1.87. The third-order valence-electron chi connectivity index (χ3n) is 3.94. The summed E-state index contributed by atoms with van der Waals surface area (Å²) in [6, 6.07) is 17.4. The van der Waals surface area contributed by atoms with E-state index in [0.717, 1.165) is 31.5 Å². The lowest BCUT2D eigenvalue weighted by molar-refractivity contribution is 0.622. The summed E-state index contributed by atoms with van der Waals surface area (Å²) in [6.07, 6.45) is 3.94. The molecule has 0 fully saturated rings. The van der Waals surface area contributed by atoms with Gasteiger partial charge in [0.1, 0.15) is 10.6 Å². The topological polar surface area (TPSA) is 56.2 Å². The highest BCUT2D eigenvalue weighted by molar-refractivity contribution is 7.17. The number of rotatable bonds is 3. The summed E-state index contributed by atoms with van der Waals surface area (Å²) >= 11 is 7.38. The zero-order chi connectivity index (χ0) is 17.5. The molecule has 0 unspecified atom stereocenters. The number of para-hydroxylation sites is 1. The van der Waals surface area contributed by atoms with Crippen molar-refractivity contribution in [2.45, 2.75) is 0 Å². The van der Waals surface area contributed by atoms with Gasteiger partial charge in [0.2, 0.25) is 10.8 Å². The molecule has 5 rings (SSSR count).